The second-order valence-corrected chi connectivity index (χ2v) is 6.84. The molecule has 2 aromatic heterocycles. The minimum atomic E-state index is 0.140. The van der Waals surface area contributed by atoms with E-state index in [2.05, 4.69) is 20.9 Å². The molecule has 0 spiro atoms. The Labute approximate surface area is 171 Å². The van der Waals surface area contributed by atoms with Gasteiger partial charge in [0, 0.05) is 50.0 Å². The van der Waals surface area contributed by atoms with Gasteiger partial charge in [-0.1, -0.05) is 0 Å². The molecule has 0 amide bonds. The highest BCUT2D eigenvalue weighted by molar-refractivity contribution is 5.44. The molecule has 1 aliphatic rings. The maximum atomic E-state index is 11.2. The van der Waals surface area contributed by atoms with Gasteiger partial charge in [-0.05, 0) is 35.0 Å². The van der Waals surface area contributed by atoms with Crippen LogP contribution in [-0.2, 0) is 19.8 Å². The Balaban J connectivity index is 1.57. The number of nitrogens with zero attached hydrogens (tertiary/aromatic N) is 9. The summed E-state index contributed by atoms with van der Waals surface area (Å²) in [6.07, 6.45) is 8.89. The first kappa shape index (κ1) is 21.0. The van der Waals surface area contributed by atoms with E-state index in [0.29, 0.717) is 30.8 Å². The molecular weight excluding hydrogens is 394 g/mol. The lowest BCUT2D eigenvalue weighted by molar-refractivity contribution is 0.161. The molecule has 0 saturated carbocycles. The van der Waals surface area contributed by atoms with Gasteiger partial charge >= 0.3 is 0 Å². The highest BCUT2D eigenvalue weighted by Gasteiger charge is 2.18. The van der Waals surface area contributed by atoms with Crippen molar-refractivity contribution in [1.29, 1.82) is 0 Å². The summed E-state index contributed by atoms with van der Waals surface area (Å²) >= 11 is 0. The lowest BCUT2D eigenvalue weighted by Gasteiger charge is -2.22. The summed E-state index contributed by atoms with van der Waals surface area (Å²) < 4.78 is 3.43. The van der Waals surface area contributed by atoms with Crippen LogP contribution in [0.5, 0.6) is 0 Å². The standard InChI is InChI=1S/C17H21N9O4/c27-18-16-4-7-23(10-16)13-25(20-29)8-3-15-9-24(11-17(15)19-28)14-26(21-30)12-22-5-1-2-6-22/h1-2,4-6,9,11H,3,7-8,10,12-14H2. The summed E-state index contributed by atoms with van der Waals surface area (Å²) in [5, 5.41) is 14.5. The highest BCUT2D eigenvalue weighted by atomic mass is 16.3. The van der Waals surface area contributed by atoms with Crippen molar-refractivity contribution in [2.75, 3.05) is 26.3 Å². The zero-order chi connectivity index (χ0) is 21.3. The Morgan fingerprint density at radius 2 is 1.60 bits per heavy atom. The second-order valence-electron chi connectivity index (χ2n) is 6.84. The van der Waals surface area contributed by atoms with Gasteiger partial charge in [-0.25, -0.2) is 10.0 Å². The molecule has 158 valence electrons. The molecule has 0 aliphatic carbocycles. The lowest BCUT2D eigenvalue weighted by Crippen LogP contribution is -2.34. The van der Waals surface area contributed by atoms with E-state index in [1.807, 2.05) is 29.4 Å². The monoisotopic (exact) mass is 415 g/mol. The van der Waals surface area contributed by atoms with Crippen LogP contribution in [0.25, 0.3) is 0 Å². The predicted octanol–water partition coefficient (Wildman–Crippen LogP) is 2.74. The van der Waals surface area contributed by atoms with Crippen molar-refractivity contribution in [3.8, 4) is 0 Å². The van der Waals surface area contributed by atoms with Gasteiger partial charge in [0.1, 0.15) is 19.0 Å². The zero-order valence-corrected chi connectivity index (χ0v) is 16.1. The zero-order valence-electron chi connectivity index (χ0n) is 16.1. The minimum absolute atomic E-state index is 0.140. The van der Waals surface area contributed by atoms with Gasteiger partial charge in [-0.2, -0.15) is 0 Å². The van der Waals surface area contributed by atoms with E-state index in [1.165, 1.54) is 16.2 Å². The van der Waals surface area contributed by atoms with E-state index in [4.69, 9.17) is 0 Å². The summed E-state index contributed by atoms with van der Waals surface area (Å²) in [6, 6.07) is 3.68. The molecule has 1 aliphatic heterocycles. The van der Waals surface area contributed by atoms with E-state index < -0.39 is 0 Å². The Bertz CT molecular complexity index is 908. The van der Waals surface area contributed by atoms with Crippen molar-refractivity contribution < 1.29 is 0 Å². The third-order valence-electron chi connectivity index (χ3n) is 4.68. The molecule has 0 N–H and O–H groups in total. The van der Waals surface area contributed by atoms with E-state index >= 15 is 0 Å². The van der Waals surface area contributed by atoms with Crippen LogP contribution in [0, 0.1) is 19.6 Å². The van der Waals surface area contributed by atoms with Crippen LogP contribution >= 0.6 is 0 Å². The molecule has 0 unspecified atom stereocenters. The third-order valence-corrected chi connectivity index (χ3v) is 4.68. The topological polar surface area (TPSA) is 137 Å². The Hall–Kier alpha value is -3.74. The molecule has 0 radical (unpaired) electrons. The van der Waals surface area contributed by atoms with Crippen molar-refractivity contribution in [3.63, 3.8) is 0 Å². The second kappa shape index (κ2) is 10.2. The van der Waals surface area contributed by atoms with E-state index in [9.17, 15) is 19.6 Å². The molecule has 2 aromatic rings. The Morgan fingerprint density at radius 3 is 2.23 bits per heavy atom. The molecule has 0 bridgehead atoms. The summed E-state index contributed by atoms with van der Waals surface area (Å²) in [5.74, 6) is 0. The van der Waals surface area contributed by atoms with Crippen LogP contribution in [-0.4, -0.2) is 50.4 Å². The molecule has 0 fully saturated rings. The Morgan fingerprint density at radius 1 is 0.867 bits per heavy atom. The van der Waals surface area contributed by atoms with Crippen molar-refractivity contribution in [1.82, 2.24) is 24.1 Å². The lowest BCUT2D eigenvalue weighted by atomic mass is 10.2. The van der Waals surface area contributed by atoms with Gasteiger partial charge in [0.2, 0.25) is 0 Å². The maximum Gasteiger partial charge on any atom is 0.128 e. The quantitative estimate of drug-likeness (QED) is 0.362. The molecule has 13 nitrogen and oxygen atoms in total. The van der Waals surface area contributed by atoms with Gasteiger partial charge in [0.05, 0.1) is 22.9 Å². The molecule has 30 heavy (non-hydrogen) atoms. The van der Waals surface area contributed by atoms with Gasteiger partial charge in [-0.15, -0.1) is 19.6 Å². The minimum Gasteiger partial charge on any atom is -0.335 e. The SMILES string of the molecule is O=NC1=CCN(CN(CCc2cn(CN(Cn3cccc3)N=O)cc2N=O)N=O)C1. The largest absolute Gasteiger partial charge is 0.335 e. The van der Waals surface area contributed by atoms with Crippen LogP contribution < -0.4 is 0 Å². The number of rotatable bonds is 13. The average Bonchev–Trinajstić information content (AvgIpc) is 3.51. The molecule has 13 heteroatoms. The Kier molecular flexibility index (Phi) is 7.10. The normalized spacial score (nSPS) is 13.7. The highest BCUT2D eigenvalue weighted by Crippen LogP contribution is 2.22. The number of aromatic nitrogens is 2. The summed E-state index contributed by atoms with van der Waals surface area (Å²) in [5.41, 5.74) is 1.28. The number of hydrogen-bond acceptors (Lipinski definition) is 9. The van der Waals surface area contributed by atoms with Crippen LogP contribution in [0.3, 0.4) is 0 Å². The summed E-state index contributed by atoms with van der Waals surface area (Å²) in [4.78, 5) is 45.9. The average molecular weight is 415 g/mol. The van der Waals surface area contributed by atoms with Gasteiger partial charge < -0.3 is 9.13 Å². The van der Waals surface area contributed by atoms with Crippen molar-refractivity contribution in [2.24, 2.45) is 20.9 Å². The molecule has 3 rings (SSSR count). The maximum absolute atomic E-state index is 11.2. The molecule has 0 atom stereocenters. The van der Waals surface area contributed by atoms with E-state index in [1.54, 1.807) is 21.4 Å². The fraction of sp³-hybridized carbons (Fsp3) is 0.412. The van der Waals surface area contributed by atoms with Crippen molar-refractivity contribution >= 4 is 5.69 Å². The predicted molar refractivity (Wildman–Crippen MR) is 108 cm³/mol. The number of nitroso groups, excluding NO2 is 4. The van der Waals surface area contributed by atoms with Crippen molar-refractivity contribution in [3.05, 3.63) is 73.9 Å². The van der Waals surface area contributed by atoms with E-state index in [0.717, 1.165) is 0 Å². The first-order valence-electron chi connectivity index (χ1n) is 9.19. The smallest absolute Gasteiger partial charge is 0.128 e. The molecule has 3 heterocycles. The van der Waals surface area contributed by atoms with Crippen molar-refractivity contribution in [2.45, 2.75) is 19.8 Å². The molecule has 0 aromatic carbocycles. The van der Waals surface area contributed by atoms with Crippen LogP contribution in [0.2, 0.25) is 0 Å². The van der Waals surface area contributed by atoms with Crippen LogP contribution in [0.15, 0.2) is 69.6 Å². The third kappa shape index (κ3) is 5.41. The summed E-state index contributed by atoms with van der Waals surface area (Å²) in [7, 11) is 0. The van der Waals surface area contributed by atoms with Crippen LogP contribution in [0.4, 0.5) is 5.69 Å². The fourth-order valence-electron chi connectivity index (χ4n) is 3.22. The molecular formula is C17H21N9O4. The number of hydrogen-bond donors (Lipinski definition) is 0. The van der Waals surface area contributed by atoms with Gasteiger partial charge in [-0.3, -0.25) is 4.90 Å². The molecule has 0 saturated heterocycles. The van der Waals surface area contributed by atoms with Gasteiger partial charge in [0.25, 0.3) is 0 Å². The fourth-order valence-corrected chi connectivity index (χ4v) is 3.22. The first-order valence-corrected chi connectivity index (χ1v) is 9.19. The van der Waals surface area contributed by atoms with Gasteiger partial charge in [0.15, 0.2) is 0 Å². The van der Waals surface area contributed by atoms with E-state index in [-0.39, 0.29) is 32.2 Å². The van der Waals surface area contributed by atoms with Crippen LogP contribution in [0.1, 0.15) is 5.56 Å². The summed E-state index contributed by atoms with van der Waals surface area (Å²) in [6.45, 7) is 1.78. The first-order chi connectivity index (χ1) is 14.6.